The van der Waals surface area contributed by atoms with Crippen LogP contribution in [0, 0.1) is 0 Å². The van der Waals surface area contributed by atoms with Crippen LogP contribution in [0.4, 0.5) is 5.82 Å². The van der Waals surface area contributed by atoms with Crippen molar-refractivity contribution in [2.75, 3.05) is 11.9 Å². The Kier molecular flexibility index (Phi) is 4.47. The maximum absolute atomic E-state index is 10.3. The number of carbonyl (C=O) groups excluding carboxylic acids is 1. The molecule has 19 heavy (non-hydrogen) atoms. The summed E-state index contributed by atoms with van der Waals surface area (Å²) in [5.74, 6) is 1.57. The molecule has 0 atom stereocenters. The molecule has 0 unspecified atom stereocenters. The van der Waals surface area contributed by atoms with Crippen LogP contribution in [0.1, 0.15) is 5.56 Å². The van der Waals surface area contributed by atoms with E-state index in [-0.39, 0.29) is 0 Å². The van der Waals surface area contributed by atoms with Crippen LogP contribution in [-0.2, 0) is 11.2 Å². The van der Waals surface area contributed by atoms with Crippen molar-refractivity contribution in [3.05, 3.63) is 48.0 Å². The smallest absolute Gasteiger partial charge is 0.221 e. The summed E-state index contributed by atoms with van der Waals surface area (Å²) in [4.78, 5) is 14.5. The molecule has 0 spiro atoms. The first-order valence-electron chi connectivity index (χ1n) is 5.96. The molecule has 1 aromatic carbocycles. The van der Waals surface area contributed by atoms with Gasteiger partial charge in [0.15, 0.2) is 0 Å². The number of hydrogen-bond acceptors (Lipinski definition) is 4. The average Bonchev–Trinajstić information content (AvgIpc) is 2.42. The molecule has 0 aliphatic rings. The quantitative estimate of drug-likeness (QED) is 0.775. The molecule has 5 heteroatoms. The van der Waals surface area contributed by atoms with Gasteiger partial charge in [-0.15, -0.1) is 0 Å². The van der Waals surface area contributed by atoms with E-state index < -0.39 is 0 Å². The normalized spacial score (nSPS) is 9.95. The van der Waals surface area contributed by atoms with Crippen LogP contribution in [0.15, 0.2) is 42.5 Å². The molecule has 5 nitrogen and oxygen atoms in total. The molecule has 0 aliphatic heterocycles. The van der Waals surface area contributed by atoms with Gasteiger partial charge in [-0.3, -0.25) is 4.79 Å². The van der Waals surface area contributed by atoms with Crippen LogP contribution in [-0.4, -0.2) is 17.9 Å². The minimum absolute atomic E-state index is 0.429. The molecule has 0 radical (unpaired) electrons. The van der Waals surface area contributed by atoms with Crippen molar-refractivity contribution in [3.63, 3.8) is 0 Å². The summed E-state index contributed by atoms with van der Waals surface area (Å²) in [7, 11) is 0. The highest BCUT2D eigenvalue weighted by Crippen LogP contribution is 2.21. The predicted molar refractivity (Wildman–Crippen MR) is 73.2 cm³/mol. The highest BCUT2D eigenvalue weighted by Gasteiger charge is 2.00. The van der Waals surface area contributed by atoms with E-state index in [1.54, 1.807) is 18.2 Å². The summed E-state index contributed by atoms with van der Waals surface area (Å²) in [6.07, 6.45) is 1.42. The first-order valence-corrected chi connectivity index (χ1v) is 5.96. The van der Waals surface area contributed by atoms with E-state index in [0.29, 0.717) is 30.4 Å². The molecular weight excluding hydrogens is 242 g/mol. The second-order valence-corrected chi connectivity index (χ2v) is 3.91. The van der Waals surface area contributed by atoms with Crippen LogP contribution in [0.25, 0.3) is 0 Å². The van der Waals surface area contributed by atoms with Gasteiger partial charge in [0.1, 0.15) is 11.6 Å². The first-order chi connectivity index (χ1) is 9.31. The van der Waals surface area contributed by atoms with Gasteiger partial charge in [0.2, 0.25) is 12.3 Å². The third-order valence-corrected chi connectivity index (χ3v) is 2.51. The zero-order valence-electron chi connectivity index (χ0n) is 10.4. The monoisotopic (exact) mass is 257 g/mol. The van der Waals surface area contributed by atoms with E-state index in [1.807, 2.05) is 24.3 Å². The van der Waals surface area contributed by atoms with Gasteiger partial charge in [-0.25, -0.2) is 0 Å². The zero-order valence-corrected chi connectivity index (χ0v) is 10.4. The van der Waals surface area contributed by atoms with Gasteiger partial charge in [0.25, 0.3) is 0 Å². The summed E-state index contributed by atoms with van der Waals surface area (Å²) in [5.41, 5.74) is 6.66. The highest BCUT2D eigenvalue weighted by molar-refractivity contribution is 5.68. The second kappa shape index (κ2) is 6.51. The van der Waals surface area contributed by atoms with Crippen molar-refractivity contribution in [1.29, 1.82) is 0 Å². The third kappa shape index (κ3) is 3.79. The molecular formula is C14H15N3O2. The van der Waals surface area contributed by atoms with Gasteiger partial charge in [-0.1, -0.05) is 18.2 Å². The number of rotatable bonds is 6. The van der Waals surface area contributed by atoms with Crippen LogP contribution in [0.3, 0.4) is 0 Å². The number of aromatic nitrogens is 1. The van der Waals surface area contributed by atoms with E-state index in [2.05, 4.69) is 10.3 Å². The van der Waals surface area contributed by atoms with Crippen LogP contribution < -0.4 is 15.8 Å². The van der Waals surface area contributed by atoms with E-state index in [0.717, 1.165) is 6.42 Å². The van der Waals surface area contributed by atoms with Gasteiger partial charge < -0.3 is 15.8 Å². The van der Waals surface area contributed by atoms with Crippen LogP contribution in [0.2, 0.25) is 0 Å². The van der Waals surface area contributed by atoms with Crippen molar-refractivity contribution in [3.8, 4) is 11.6 Å². The minimum atomic E-state index is 0.429. The minimum Gasteiger partial charge on any atom is -0.439 e. The standard InChI is InChI=1S/C14H15N3O2/c15-9-8-11-4-6-12(7-5-11)19-14-3-1-2-13(17-14)16-10-18/h1-7,10H,8-9,15H2,(H,16,17,18). The number of carbonyl (C=O) groups is 1. The molecule has 0 aliphatic carbocycles. The maximum atomic E-state index is 10.3. The lowest BCUT2D eigenvalue weighted by molar-refractivity contribution is -0.105. The Morgan fingerprint density at radius 2 is 2.00 bits per heavy atom. The van der Waals surface area contributed by atoms with Crippen molar-refractivity contribution in [2.24, 2.45) is 5.73 Å². The number of nitrogens with two attached hydrogens (primary N) is 1. The molecule has 1 amide bonds. The lowest BCUT2D eigenvalue weighted by Crippen LogP contribution is -2.02. The second-order valence-electron chi connectivity index (χ2n) is 3.91. The Morgan fingerprint density at radius 1 is 1.21 bits per heavy atom. The number of hydrogen-bond donors (Lipinski definition) is 2. The van der Waals surface area contributed by atoms with Crippen molar-refractivity contribution < 1.29 is 9.53 Å². The molecule has 0 saturated heterocycles. The summed E-state index contributed by atoms with van der Waals surface area (Å²) < 4.78 is 5.60. The predicted octanol–water partition coefficient (Wildman–Crippen LogP) is 1.94. The fourth-order valence-corrected chi connectivity index (χ4v) is 1.62. The molecule has 1 aromatic heterocycles. The summed E-state index contributed by atoms with van der Waals surface area (Å²) >= 11 is 0. The molecule has 98 valence electrons. The van der Waals surface area contributed by atoms with Crippen molar-refractivity contribution >= 4 is 12.2 Å². The molecule has 0 saturated carbocycles. The molecule has 1 heterocycles. The van der Waals surface area contributed by atoms with Gasteiger partial charge in [-0.05, 0) is 36.7 Å². The molecule has 3 N–H and O–H groups in total. The van der Waals surface area contributed by atoms with Gasteiger partial charge in [0, 0.05) is 6.07 Å². The summed E-state index contributed by atoms with van der Waals surface area (Å²) in [5, 5.41) is 2.47. The van der Waals surface area contributed by atoms with Gasteiger partial charge in [-0.2, -0.15) is 4.98 Å². The Bertz CT molecular complexity index is 541. The Morgan fingerprint density at radius 3 is 2.68 bits per heavy atom. The van der Waals surface area contributed by atoms with E-state index in [1.165, 1.54) is 5.56 Å². The van der Waals surface area contributed by atoms with Crippen LogP contribution >= 0.6 is 0 Å². The summed E-state index contributed by atoms with van der Waals surface area (Å²) in [6.45, 7) is 0.626. The Labute approximate surface area is 111 Å². The average molecular weight is 257 g/mol. The van der Waals surface area contributed by atoms with E-state index >= 15 is 0 Å². The van der Waals surface area contributed by atoms with Gasteiger partial charge in [0.05, 0.1) is 0 Å². The third-order valence-electron chi connectivity index (χ3n) is 2.51. The maximum Gasteiger partial charge on any atom is 0.221 e. The number of anilines is 1. The van der Waals surface area contributed by atoms with Crippen molar-refractivity contribution in [1.82, 2.24) is 4.98 Å². The molecule has 2 aromatic rings. The first kappa shape index (κ1) is 13.0. The number of pyridine rings is 1. The topological polar surface area (TPSA) is 77.2 Å². The number of amides is 1. The fourth-order valence-electron chi connectivity index (χ4n) is 1.62. The molecule has 0 fully saturated rings. The number of benzene rings is 1. The number of nitrogens with zero attached hydrogens (tertiary/aromatic N) is 1. The Hall–Kier alpha value is -2.40. The van der Waals surface area contributed by atoms with E-state index in [9.17, 15) is 4.79 Å². The number of ether oxygens (including phenoxy) is 1. The van der Waals surface area contributed by atoms with Gasteiger partial charge >= 0.3 is 0 Å². The zero-order chi connectivity index (χ0) is 13.5. The SMILES string of the molecule is NCCc1ccc(Oc2cccc(NC=O)n2)cc1. The lowest BCUT2D eigenvalue weighted by atomic mass is 10.1. The molecule has 0 bridgehead atoms. The largest absolute Gasteiger partial charge is 0.439 e. The lowest BCUT2D eigenvalue weighted by Gasteiger charge is -2.06. The number of nitrogens with one attached hydrogen (secondary N) is 1. The molecule has 2 rings (SSSR count). The highest BCUT2D eigenvalue weighted by atomic mass is 16.5. The van der Waals surface area contributed by atoms with Crippen molar-refractivity contribution in [2.45, 2.75) is 6.42 Å². The Balaban J connectivity index is 2.07. The fraction of sp³-hybridized carbons (Fsp3) is 0.143. The summed E-state index contributed by atoms with van der Waals surface area (Å²) in [6, 6.07) is 12.8. The van der Waals surface area contributed by atoms with E-state index in [4.69, 9.17) is 10.5 Å². The van der Waals surface area contributed by atoms with Crippen LogP contribution in [0.5, 0.6) is 11.6 Å².